The van der Waals surface area contributed by atoms with Gasteiger partial charge in [-0.05, 0) is 31.0 Å². The van der Waals surface area contributed by atoms with Crippen LogP contribution in [0.15, 0.2) is 36.4 Å². The molecule has 8 heteroatoms. The number of ether oxygens (including phenoxy) is 1. The van der Waals surface area contributed by atoms with Gasteiger partial charge in [0.2, 0.25) is 11.8 Å². The van der Waals surface area contributed by atoms with Crippen molar-refractivity contribution in [3.63, 3.8) is 0 Å². The van der Waals surface area contributed by atoms with Crippen LogP contribution in [0.2, 0.25) is 0 Å². The number of aryl methyl sites for hydroxylation is 2. The second-order valence-electron chi connectivity index (χ2n) is 6.78. The molecule has 1 N–H and O–H groups in total. The molecule has 146 valence electrons. The number of nitrogens with one attached hydrogen (secondary N) is 1. The van der Waals surface area contributed by atoms with E-state index < -0.39 is 16.7 Å². The standard InChI is InChI=1S/C20H21N3O5/c1-12-5-4-6-13(2)19(12)22-11-14(9-18(22)24)20(25)21-16-10-15(28-3)7-8-17(16)23(26)27/h4-8,10,14H,9,11H2,1-3H3,(H,21,25)/t14-/m1/s1. The van der Waals surface area contributed by atoms with Crippen LogP contribution in [0.1, 0.15) is 17.5 Å². The Morgan fingerprint density at radius 2 is 1.93 bits per heavy atom. The zero-order chi connectivity index (χ0) is 20.4. The molecule has 1 saturated heterocycles. The van der Waals surface area contributed by atoms with Gasteiger partial charge in [0.15, 0.2) is 0 Å². The minimum absolute atomic E-state index is 0.0484. The first-order valence-electron chi connectivity index (χ1n) is 8.81. The summed E-state index contributed by atoms with van der Waals surface area (Å²) in [6.07, 6.45) is 0.0530. The molecule has 2 aromatic carbocycles. The number of carbonyl (C=O) groups excluding carboxylic acids is 2. The molecule has 8 nitrogen and oxygen atoms in total. The molecule has 1 heterocycles. The summed E-state index contributed by atoms with van der Waals surface area (Å²) in [5, 5.41) is 13.8. The first-order valence-corrected chi connectivity index (χ1v) is 8.81. The first-order chi connectivity index (χ1) is 13.3. The molecule has 28 heavy (non-hydrogen) atoms. The van der Waals surface area contributed by atoms with Gasteiger partial charge in [-0.1, -0.05) is 18.2 Å². The van der Waals surface area contributed by atoms with E-state index in [2.05, 4.69) is 5.32 Å². The highest BCUT2D eigenvalue weighted by Gasteiger charge is 2.36. The van der Waals surface area contributed by atoms with Crippen molar-refractivity contribution in [3.8, 4) is 5.75 Å². The maximum atomic E-state index is 12.7. The average molecular weight is 383 g/mol. The Labute approximate surface area is 162 Å². The van der Waals surface area contributed by atoms with Gasteiger partial charge in [0.05, 0.1) is 18.0 Å². The van der Waals surface area contributed by atoms with Gasteiger partial charge in [0.1, 0.15) is 11.4 Å². The zero-order valence-corrected chi connectivity index (χ0v) is 15.9. The number of nitro benzene ring substituents is 1. The molecule has 1 fully saturated rings. The predicted molar refractivity (Wildman–Crippen MR) is 105 cm³/mol. The van der Waals surface area contributed by atoms with E-state index in [1.165, 1.54) is 25.3 Å². The van der Waals surface area contributed by atoms with Gasteiger partial charge in [-0.3, -0.25) is 19.7 Å². The Kier molecular flexibility index (Phi) is 5.30. The quantitative estimate of drug-likeness (QED) is 0.631. The number of hydrogen-bond donors (Lipinski definition) is 1. The van der Waals surface area contributed by atoms with Crippen molar-refractivity contribution in [2.24, 2.45) is 5.92 Å². The molecule has 2 amide bonds. The fraction of sp³-hybridized carbons (Fsp3) is 0.300. The minimum Gasteiger partial charge on any atom is -0.497 e. The monoisotopic (exact) mass is 383 g/mol. The topological polar surface area (TPSA) is 102 Å². The lowest BCUT2D eigenvalue weighted by Crippen LogP contribution is -2.29. The number of nitrogens with zero attached hydrogens (tertiary/aromatic N) is 2. The number of benzene rings is 2. The predicted octanol–water partition coefficient (Wildman–Crippen LogP) is 3.21. The molecule has 1 aliphatic heterocycles. The van der Waals surface area contributed by atoms with Gasteiger partial charge in [-0.15, -0.1) is 0 Å². The number of carbonyl (C=O) groups is 2. The zero-order valence-electron chi connectivity index (χ0n) is 15.9. The SMILES string of the molecule is COc1ccc([N+](=O)[O-])c(NC(=O)[C@@H]2CC(=O)N(c3c(C)cccc3C)C2)c1. The van der Waals surface area contributed by atoms with Gasteiger partial charge in [0, 0.05) is 30.8 Å². The van der Waals surface area contributed by atoms with Crippen LogP contribution in [0.3, 0.4) is 0 Å². The first kappa shape index (κ1) is 19.3. The third-order valence-corrected chi connectivity index (χ3v) is 4.86. The molecule has 0 aromatic heterocycles. The summed E-state index contributed by atoms with van der Waals surface area (Å²) >= 11 is 0. The van der Waals surface area contributed by atoms with Gasteiger partial charge in [0.25, 0.3) is 5.69 Å². The summed E-state index contributed by atoms with van der Waals surface area (Å²) in [7, 11) is 1.44. The van der Waals surface area contributed by atoms with Crippen molar-refractivity contribution >= 4 is 28.9 Å². The summed E-state index contributed by atoms with van der Waals surface area (Å²) in [4.78, 5) is 37.6. The van der Waals surface area contributed by atoms with Gasteiger partial charge >= 0.3 is 0 Å². The number of nitro groups is 1. The van der Waals surface area contributed by atoms with Crippen molar-refractivity contribution in [2.45, 2.75) is 20.3 Å². The number of methoxy groups -OCH3 is 1. The lowest BCUT2D eigenvalue weighted by atomic mass is 10.1. The van der Waals surface area contributed by atoms with E-state index in [9.17, 15) is 19.7 Å². The van der Waals surface area contributed by atoms with E-state index in [1.54, 1.807) is 4.90 Å². The van der Waals surface area contributed by atoms with Crippen molar-refractivity contribution in [1.82, 2.24) is 0 Å². The largest absolute Gasteiger partial charge is 0.497 e. The van der Waals surface area contributed by atoms with Crippen LogP contribution in [-0.2, 0) is 9.59 Å². The van der Waals surface area contributed by atoms with E-state index >= 15 is 0 Å². The fourth-order valence-corrected chi connectivity index (χ4v) is 3.47. The maximum absolute atomic E-state index is 12.7. The van der Waals surface area contributed by atoms with Crippen LogP contribution in [0.4, 0.5) is 17.1 Å². The Morgan fingerprint density at radius 3 is 2.54 bits per heavy atom. The normalized spacial score (nSPS) is 16.2. The Balaban J connectivity index is 1.82. The third kappa shape index (κ3) is 3.66. The second kappa shape index (κ2) is 7.67. The van der Waals surface area contributed by atoms with Gasteiger partial charge in [-0.2, -0.15) is 0 Å². The number of amides is 2. The lowest BCUT2D eigenvalue weighted by molar-refractivity contribution is -0.383. The summed E-state index contributed by atoms with van der Waals surface area (Å²) in [6, 6.07) is 9.88. The average Bonchev–Trinajstić information content (AvgIpc) is 3.03. The fourth-order valence-electron chi connectivity index (χ4n) is 3.47. The highest BCUT2D eigenvalue weighted by Crippen LogP contribution is 2.33. The third-order valence-electron chi connectivity index (χ3n) is 4.86. The molecule has 0 aliphatic carbocycles. The van der Waals surface area contributed by atoms with E-state index in [-0.39, 0.29) is 30.2 Å². The molecule has 3 rings (SSSR count). The molecule has 0 radical (unpaired) electrons. The minimum atomic E-state index is -0.600. The summed E-state index contributed by atoms with van der Waals surface area (Å²) in [5.41, 5.74) is 2.54. The van der Waals surface area contributed by atoms with E-state index in [4.69, 9.17) is 4.74 Å². The molecule has 1 aliphatic rings. The molecule has 0 unspecified atom stereocenters. The van der Waals surface area contributed by atoms with Crippen LogP contribution >= 0.6 is 0 Å². The van der Waals surface area contributed by atoms with Gasteiger partial charge < -0.3 is 15.0 Å². The summed E-state index contributed by atoms with van der Waals surface area (Å²) < 4.78 is 5.08. The molecule has 2 aromatic rings. The molecule has 0 saturated carbocycles. The van der Waals surface area contributed by atoms with E-state index in [0.717, 1.165) is 16.8 Å². The second-order valence-corrected chi connectivity index (χ2v) is 6.78. The Bertz CT molecular complexity index is 937. The molecule has 0 spiro atoms. The van der Waals surface area contributed by atoms with Crippen molar-refractivity contribution in [2.75, 3.05) is 23.9 Å². The van der Waals surface area contributed by atoms with Crippen LogP contribution in [0.25, 0.3) is 0 Å². The number of rotatable bonds is 5. The molecular formula is C20H21N3O5. The Morgan fingerprint density at radius 1 is 1.25 bits per heavy atom. The lowest BCUT2D eigenvalue weighted by Gasteiger charge is -2.21. The van der Waals surface area contributed by atoms with Crippen LogP contribution in [0, 0.1) is 29.9 Å². The van der Waals surface area contributed by atoms with Crippen LogP contribution < -0.4 is 15.0 Å². The van der Waals surface area contributed by atoms with Gasteiger partial charge in [-0.25, -0.2) is 0 Å². The van der Waals surface area contributed by atoms with Crippen molar-refractivity contribution in [1.29, 1.82) is 0 Å². The summed E-state index contributed by atoms with van der Waals surface area (Å²) in [6.45, 7) is 4.07. The number of para-hydroxylation sites is 1. The highest BCUT2D eigenvalue weighted by molar-refractivity contribution is 6.04. The van der Waals surface area contributed by atoms with Crippen molar-refractivity contribution in [3.05, 3.63) is 57.6 Å². The number of hydrogen-bond acceptors (Lipinski definition) is 5. The number of anilines is 2. The van der Waals surface area contributed by atoms with Crippen molar-refractivity contribution < 1.29 is 19.2 Å². The van der Waals surface area contributed by atoms with E-state index in [0.29, 0.717) is 5.75 Å². The molecule has 1 atom stereocenters. The van der Waals surface area contributed by atoms with Crippen LogP contribution in [0.5, 0.6) is 5.75 Å². The van der Waals surface area contributed by atoms with Crippen LogP contribution in [-0.4, -0.2) is 30.4 Å². The Hall–Kier alpha value is -3.42. The molecule has 0 bridgehead atoms. The maximum Gasteiger partial charge on any atom is 0.293 e. The summed E-state index contributed by atoms with van der Waals surface area (Å²) in [5.74, 6) is -0.783. The van der Waals surface area contributed by atoms with E-state index in [1.807, 2.05) is 32.0 Å². The smallest absolute Gasteiger partial charge is 0.293 e. The molecular weight excluding hydrogens is 362 g/mol. The highest BCUT2D eigenvalue weighted by atomic mass is 16.6.